The van der Waals surface area contributed by atoms with Crippen LogP contribution in [0.4, 0.5) is 0 Å². The van der Waals surface area contributed by atoms with E-state index in [1.807, 2.05) is 41.5 Å². The third-order valence-corrected chi connectivity index (χ3v) is 2.12. The van der Waals surface area contributed by atoms with E-state index >= 15 is 0 Å². The highest BCUT2D eigenvalue weighted by molar-refractivity contribution is 5.35. The van der Waals surface area contributed by atoms with Crippen LogP contribution in [-0.4, -0.2) is 0 Å². The largest absolute Gasteiger partial charge is 0.0776 e. The average Bonchev–Trinajstić information content (AvgIpc) is 2.36. The predicted molar refractivity (Wildman–Crippen MR) is 106 cm³/mol. The van der Waals surface area contributed by atoms with Gasteiger partial charge in [0.05, 0.1) is 0 Å². The molecule has 128 valence electrons. The zero-order valence-corrected chi connectivity index (χ0v) is 13.8. The van der Waals surface area contributed by atoms with Crippen LogP contribution in [-0.2, 0) is 0 Å². The van der Waals surface area contributed by atoms with Crippen molar-refractivity contribution in [3.8, 4) is 0 Å². The third kappa shape index (κ3) is 15.3. The molecule has 0 aliphatic rings. The molecule has 0 aliphatic heterocycles. The molecule has 0 fully saturated rings. The van der Waals surface area contributed by atoms with Gasteiger partial charge in [0.15, 0.2) is 0 Å². The Kier molecular flexibility index (Phi) is 48.8. The van der Waals surface area contributed by atoms with Crippen molar-refractivity contribution in [2.24, 2.45) is 0 Å². The highest BCUT2D eigenvalue weighted by Gasteiger charge is 2.04. The summed E-state index contributed by atoms with van der Waals surface area (Å²) >= 11 is 0. The monoisotopic (exact) mass is 289 g/mol. The molecule has 0 spiro atoms. The van der Waals surface area contributed by atoms with Crippen molar-refractivity contribution in [2.75, 3.05) is 0 Å². The van der Waals surface area contributed by atoms with Gasteiger partial charge in [0, 0.05) is 1.43 Å². The summed E-state index contributed by atoms with van der Waals surface area (Å²) in [6.07, 6.45) is 0. The maximum absolute atomic E-state index is 2.25. The lowest BCUT2D eigenvalue weighted by molar-refractivity contribution is 0.846. The smallest absolute Gasteiger partial charge is 0 e. The fourth-order valence-electron chi connectivity index (χ4n) is 1.74. The second-order valence-electron chi connectivity index (χ2n) is 3.46. The van der Waals surface area contributed by atoms with Gasteiger partial charge in [0.2, 0.25) is 0 Å². The Hall–Kier alpha value is -0.780. The molecule has 0 unspecified atom stereocenters. The Morgan fingerprint density at radius 1 is 0.700 bits per heavy atom. The number of hydrogen-bond acceptors (Lipinski definition) is 0. The van der Waals surface area contributed by atoms with Crippen LogP contribution in [0.25, 0.3) is 0 Å². The summed E-state index contributed by atoms with van der Waals surface area (Å²) in [5, 5.41) is 0. The van der Waals surface area contributed by atoms with E-state index in [-0.39, 0.29) is 23.7 Å². The van der Waals surface area contributed by atoms with Gasteiger partial charge < -0.3 is 0 Å². The summed E-state index contributed by atoms with van der Waals surface area (Å²) in [5.41, 5.74) is 4.34. The summed E-state index contributed by atoms with van der Waals surface area (Å²) in [5.74, 6) is 0.649. The summed E-state index contributed by atoms with van der Waals surface area (Å²) < 4.78 is 0. The molecule has 1 aromatic rings. The van der Waals surface area contributed by atoms with E-state index < -0.39 is 0 Å². The SMILES string of the molecule is C.C.C.CC.CC.CC.Cc1cccc(C)c1C(C)C.[2HH]. The summed E-state index contributed by atoms with van der Waals surface area (Å²) in [6, 6.07) is 6.49. The van der Waals surface area contributed by atoms with E-state index in [1.165, 1.54) is 16.7 Å². The molecule has 20 heavy (non-hydrogen) atoms. The van der Waals surface area contributed by atoms with E-state index in [2.05, 4.69) is 45.9 Å². The van der Waals surface area contributed by atoms with E-state index in [0.29, 0.717) is 5.92 Å². The molecule has 1 rings (SSSR count). The van der Waals surface area contributed by atoms with Crippen molar-refractivity contribution in [3.63, 3.8) is 0 Å². The van der Waals surface area contributed by atoms with Gasteiger partial charge in [-0.1, -0.05) is 95.9 Å². The van der Waals surface area contributed by atoms with Gasteiger partial charge in [0.1, 0.15) is 0 Å². The number of benzene rings is 1. The minimum atomic E-state index is 0. The number of hydrogen-bond donors (Lipinski definition) is 0. The molecule has 0 amide bonds. The van der Waals surface area contributed by atoms with Crippen LogP contribution in [0, 0.1) is 13.8 Å². The molecule has 0 saturated carbocycles. The fraction of sp³-hybridized carbons (Fsp3) is 0.700. The molecule has 0 heteroatoms. The topological polar surface area (TPSA) is 0 Å². The molecule has 0 nitrogen and oxygen atoms in total. The molecule has 0 N–H and O–H groups in total. The normalized spacial score (nSPS) is 6.75. The summed E-state index contributed by atoms with van der Waals surface area (Å²) in [7, 11) is 0. The van der Waals surface area contributed by atoms with Crippen molar-refractivity contribution in [1.29, 1.82) is 0 Å². The lowest BCUT2D eigenvalue weighted by Crippen LogP contribution is -1.94. The molecular formula is C20H48. The Balaban J connectivity index is -0.0000000352. The van der Waals surface area contributed by atoms with Gasteiger partial charge in [-0.2, -0.15) is 0 Å². The minimum Gasteiger partial charge on any atom is -0.0776 e. The van der Waals surface area contributed by atoms with E-state index in [9.17, 15) is 0 Å². The first-order chi connectivity index (χ1) is 8.13. The second-order valence-corrected chi connectivity index (χ2v) is 3.46. The first-order valence-corrected chi connectivity index (χ1v) is 7.19. The molecule has 0 aromatic heterocycles. The zero-order chi connectivity index (χ0) is 14.4. The van der Waals surface area contributed by atoms with Gasteiger partial charge in [-0.15, -0.1) is 0 Å². The van der Waals surface area contributed by atoms with Crippen molar-refractivity contribution in [1.82, 2.24) is 0 Å². The first kappa shape index (κ1) is 36.5. The molecular weight excluding hydrogens is 240 g/mol. The Labute approximate surface area is 134 Å². The van der Waals surface area contributed by atoms with E-state index in [1.54, 1.807) is 0 Å². The first-order valence-electron chi connectivity index (χ1n) is 7.19. The third-order valence-electron chi connectivity index (χ3n) is 2.12. The van der Waals surface area contributed by atoms with Crippen LogP contribution in [0.15, 0.2) is 18.2 Å². The van der Waals surface area contributed by atoms with Gasteiger partial charge >= 0.3 is 0 Å². The maximum atomic E-state index is 2.25. The highest BCUT2D eigenvalue weighted by Crippen LogP contribution is 2.22. The highest BCUT2D eigenvalue weighted by atomic mass is 14.1. The van der Waals surface area contributed by atoms with Crippen LogP contribution in [0.1, 0.15) is 102 Å². The number of rotatable bonds is 1. The van der Waals surface area contributed by atoms with E-state index in [4.69, 9.17) is 0 Å². The molecule has 1 aromatic carbocycles. The lowest BCUT2D eigenvalue weighted by Gasteiger charge is -2.12. The summed E-state index contributed by atoms with van der Waals surface area (Å²) in [6.45, 7) is 20.9. The Morgan fingerprint density at radius 2 is 0.950 bits per heavy atom. The van der Waals surface area contributed by atoms with Crippen molar-refractivity contribution >= 4 is 0 Å². The molecule has 0 atom stereocenters. The fourth-order valence-corrected chi connectivity index (χ4v) is 1.74. The Morgan fingerprint density at radius 3 is 1.10 bits per heavy atom. The van der Waals surface area contributed by atoms with Crippen molar-refractivity contribution in [3.05, 3.63) is 34.9 Å². The molecule has 0 aliphatic carbocycles. The molecule has 0 bridgehead atoms. The van der Waals surface area contributed by atoms with Crippen LogP contribution in [0.5, 0.6) is 0 Å². The predicted octanol–water partition coefficient (Wildman–Crippen LogP) is 8.66. The van der Waals surface area contributed by atoms with Crippen LogP contribution in [0.2, 0.25) is 0 Å². The maximum Gasteiger partial charge on any atom is 0 e. The van der Waals surface area contributed by atoms with Crippen molar-refractivity contribution in [2.45, 2.75) is 97.4 Å². The van der Waals surface area contributed by atoms with Gasteiger partial charge in [0.25, 0.3) is 0 Å². The number of aryl methyl sites for hydroxylation is 2. The van der Waals surface area contributed by atoms with Gasteiger partial charge in [-0.3, -0.25) is 0 Å². The van der Waals surface area contributed by atoms with Crippen LogP contribution in [0.3, 0.4) is 0 Å². The minimum absolute atomic E-state index is 0. The molecule has 0 saturated heterocycles. The van der Waals surface area contributed by atoms with Crippen molar-refractivity contribution < 1.29 is 1.43 Å². The van der Waals surface area contributed by atoms with Crippen LogP contribution < -0.4 is 0 Å². The molecule has 0 radical (unpaired) electrons. The lowest BCUT2D eigenvalue weighted by atomic mass is 9.94. The van der Waals surface area contributed by atoms with Gasteiger partial charge in [-0.25, -0.2) is 0 Å². The van der Waals surface area contributed by atoms with Gasteiger partial charge in [-0.05, 0) is 36.5 Å². The van der Waals surface area contributed by atoms with Crippen LogP contribution >= 0.6 is 0 Å². The average molecular weight is 290 g/mol. The molecule has 0 heterocycles. The Bertz CT molecular complexity index is 232. The quantitative estimate of drug-likeness (QED) is 0.485. The summed E-state index contributed by atoms with van der Waals surface area (Å²) in [4.78, 5) is 0. The zero-order valence-electron chi connectivity index (χ0n) is 13.8. The van der Waals surface area contributed by atoms with E-state index in [0.717, 1.165) is 0 Å². The second kappa shape index (κ2) is 26.7. The standard InChI is InChI=1S/C11H16.3C2H6.3CH4.H2/c1-8(2)11-9(3)6-5-7-10(11)4;3*1-2;;;;/h5-8H,1-4H3;3*1-2H3;3*1H4;1H/i;;;;;;;1+1.